The van der Waals surface area contributed by atoms with Crippen molar-refractivity contribution >= 4 is 110 Å². The lowest BCUT2D eigenvalue weighted by molar-refractivity contribution is -0.538. The highest BCUT2D eigenvalue weighted by molar-refractivity contribution is 7.98. The van der Waals surface area contributed by atoms with Gasteiger partial charge in [0.15, 0.2) is 5.96 Å². The third-order valence-electron chi connectivity index (χ3n) is 15.9. The topological polar surface area (TPSA) is 394 Å². The zero-order valence-corrected chi connectivity index (χ0v) is 55.6. The number of nitrogens with zero attached hydrogens (tertiary/aromatic N) is 7. The first-order chi connectivity index (χ1) is 45.2. The number of aliphatic imine (C=N–C) groups is 1. The predicted molar refractivity (Wildman–Crippen MR) is 364 cm³/mol. The largest absolute Gasteiger partial charge is 0.853 e. The van der Waals surface area contributed by atoms with Gasteiger partial charge in [-0.3, -0.25) is 43.3 Å². The molecule has 508 valence electrons. The highest BCUT2D eigenvalue weighted by atomic mass is 32.2. The Balaban J connectivity index is 1.03. The molecule has 8 amide bonds. The molecule has 4 aromatic carbocycles. The van der Waals surface area contributed by atoms with Crippen LogP contribution in [0.2, 0.25) is 0 Å². The molecule has 0 bridgehead atoms. The second-order valence-electron chi connectivity index (χ2n) is 23.5. The molecule has 1 aromatic heterocycles. The second-order valence-corrected chi connectivity index (χ2v) is 24.5. The number of fused-ring (bicyclic) bond motifs is 2. The third kappa shape index (κ3) is 23.2. The van der Waals surface area contributed by atoms with Crippen LogP contribution in [0.5, 0.6) is 0 Å². The lowest BCUT2D eigenvalue weighted by Crippen LogP contribution is -2.60. The second kappa shape index (κ2) is 38.2. The van der Waals surface area contributed by atoms with Crippen LogP contribution in [0.15, 0.2) is 106 Å². The Bertz CT molecular complexity index is 3400. The molecule has 6 atom stereocenters. The molecule has 6 rings (SSSR count). The summed E-state index contributed by atoms with van der Waals surface area (Å²) in [5.41, 5.74) is 24.2. The number of thioether (sulfide) groups is 1. The Morgan fingerprint density at radius 3 is 1.97 bits per heavy atom. The van der Waals surface area contributed by atoms with Gasteiger partial charge in [-0.25, -0.2) is 4.98 Å². The molecule has 2 heterocycles. The molecule has 14 N–H and O–H groups in total. The number of nitrogens with two attached hydrogens (primary N) is 3. The standard InChI is InChI=1S/C66H94N18O9S/c1-7-83(8-2)47-28-30-49-57(39-47)84(46-17-10-9-11-18-46)56-38-44(25-29-48(56)74-49)81-80-43-23-26-45(27-24-43)82(5)35-16-22-58(86)71-32-13-12-19-52(63(91)79-55(41-85)65(93)76-50(60(67)88)20-14-34-72-66(68)69)77-64(92)53(31-36-94-6)75-59(87)40-73-61(89)54(37-42(3)4)78-62(90)51-21-15-33-70-51/h9-11,17-18,23-30,38-39,42,50-55,70H,7-8,12-16,19-22,31-37,40-41H2,1-6H3,(H2,67,88)(H,71,86)(H,73,89)(H,75,87)(H,76,93)(H,77,92)(H,78,90)(H,79,91)(H4,68,69,72)/t50-,51-,52-,53-,54-,55-/m0/s1. The van der Waals surface area contributed by atoms with Gasteiger partial charge in [0.1, 0.15) is 35.2 Å². The van der Waals surface area contributed by atoms with E-state index in [4.69, 9.17) is 22.2 Å². The Hall–Kier alpha value is -9.02. The molecular formula is C66H94N18O9S. The monoisotopic (exact) mass is 1310 g/mol. The summed E-state index contributed by atoms with van der Waals surface area (Å²) in [7, 11) is 1.93. The van der Waals surface area contributed by atoms with Crippen molar-refractivity contribution in [2.75, 3.05) is 81.3 Å². The first-order valence-electron chi connectivity index (χ1n) is 32.2. The number of aromatic nitrogens is 2. The van der Waals surface area contributed by atoms with Crippen LogP contribution < -0.4 is 79.2 Å². The van der Waals surface area contributed by atoms with E-state index in [1.807, 2.05) is 86.5 Å². The lowest BCUT2D eigenvalue weighted by atomic mass is 10.0. The molecule has 1 aliphatic rings. The predicted octanol–water partition coefficient (Wildman–Crippen LogP) is 2.42. The molecule has 5 aromatic rings. The number of primary amides is 1. The first-order valence-corrected chi connectivity index (χ1v) is 33.6. The van der Waals surface area contributed by atoms with Crippen molar-refractivity contribution in [1.29, 1.82) is 0 Å². The summed E-state index contributed by atoms with van der Waals surface area (Å²) in [6.07, 6.45) is 5.34. The number of benzene rings is 4. The van der Waals surface area contributed by atoms with Gasteiger partial charge in [0, 0.05) is 81.8 Å². The van der Waals surface area contributed by atoms with E-state index in [1.54, 1.807) is 6.26 Å². The molecule has 0 spiro atoms. The van der Waals surface area contributed by atoms with Crippen molar-refractivity contribution in [3.05, 3.63) is 91.0 Å². The number of rotatable bonds is 39. The van der Waals surface area contributed by atoms with Crippen LogP contribution >= 0.6 is 11.8 Å². The summed E-state index contributed by atoms with van der Waals surface area (Å²) >= 11 is 1.40. The lowest BCUT2D eigenvalue weighted by Gasteiger charge is -2.27. The maximum absolute atomic E-state index is 14.1. The molecule has 0 unspecified atom stereocenters. The van der Waals surface area contributed by atoms with Crippen LogP contribution in [0.1, 0.15) is 98.3 Å². The van der Waals surface area contributed by atoms with Crippen LogP contribution in [-0.4, -0.2) is 166 Å². The van der Waals surface area contributed by atoms with E-state index in [2.05, 4.69) is 111 Å². The Morgan fingerprint density at radius 2 is 1.32 bits per heavy atom. The van der Waals surface area contributed by atoms with Crippen LogP contribution in [0.3, 0.4) is 0 Å². The molecule has 1 saturated heterocycles. The van der Waals surface area contributed by atoms with E-state index >= 15 is 0 Å². The average molecular weight is 1320 g/mol. The van der Waals surface area contributed by atoms with Gasteiger partial charge in [-0.15, -0.1) is 11.2 Å². The highest BCUT2D eigenvalue weighted by Gasteiger charge is 2.32. The molecule has 0 saturated carbocycles. The quantitative estimate of drug-likeness (QED) is 0.00672. The summed E-state index contributed by atoms with van der Waals surface area (Å²) in [6, 6.07) is 23.3. The van der Waals surface area contributed by atoms with Gasteiger partial charge in [-0.05, 0) is 151 Å². The fourth-order valence-electron chi connectivity index (χ4n) is 10.8. The van der Waals surface area contributed by atoms with Crippen molar-refractivity contribution in [3.63, 3.8) is 0 Å². The molecule has 27 nitrogen and oxygen atoms in total. The number of carbonyl (C=O) groups is 8. The number of amides is 8. The van der Waals surface area contributed by atoms with Gasteiger partial charge in [0.25, 0.3) is 0 Å². The zero-order valence-electron chi connectivity index (χ0n) is 54.8. The zero-order chi connectivity index (χ0) is 68.1. The number of hydrogen-bond donors (Lipinski definition) is 11. The van der Waals surface area contributed by atoms with E-state index in [0.717, 1.165) is 58.6 Å². The summed E-state index contributed by atoms with van der Waals surface area (Å²) in [4.78, 5) is 120. The average Bonchev–Trinajstić information content (AvgIpc) is 0.905. The number of para-hydroxylation sites is 1. The molecule has 1 fully saturated rings. The molecule has 0 aliphatic carbocycles. The number of guanidine groups is 1. The number of anilines is 2. The van der Waals surface area contributed by atoms with Gasteiger partial charge >= 0.3 is 0 Å². The minimum absolute atomic E-state index is 0.0227. The van der Waals surface area contributed by atoms with Gasteiger partial charge in [-0.1, -0.05) is 32.0 Å². The number of azo groups is 1. The number of hydrogen-bond acceptors (Lipinski definition) is 17. The number of nitrogens with one attached hydrogen (secondary N) is 8. The molecule has 94 heavy (non-hydrogen) atoms. The van der Waals surface area contributed by atoms with Crippen LogP contribution in [0.4, 0.5) is 22.7 Å². The summed E-state index contributed by atoms with van der Waals surface area (Å²) in [6.45, 7) is 9.80. The number of carbonyl (C=O) groups excluding carboxylic acids is 8. The SMILES string of the molecule is CCN(CC)c1ccc2nc3ccc(N=Nc4ccc(N(C)CCCC(=O)NCCCC[C@H](NC(=O)[C@H](CCSC)NC(=O)CNC(=O)[C@H](CC(C)C)NC(=O)[C@@H]5CCCN5)C(=O)N[C@@H](C[O-])C(=O)N[C@@H](CCCN=C(N)N)C(N)=O)cc4)cc3[n+](-c3ccccc3)c2c1. The normalized spacial score (nSPS) is 14.5. The van der Waals surface area contributed by atoms with E-state index < -0.39 is 84.8 Å². The first kappa shape index (κ1) is 74.0. The van der Waals surface area contributed by atoms with Gasteiger partial charge in [0.05, 0.1) is 30.0 Å². The third-order valence-corrected chi connectivity index (χ3v) is 16.6. The molecule has 1 aliphatic heterocycles. The molecular weight excluding hydrogens is 1220 g/mol. The summed E-state index contributed by atoms with van der Waals surface area (Å²) in [5, 5.41) is 43.2. The van der Waals surface area contributed by atoms with E-state index in [9.17, 15) is 43.5 Å². The van der Waals surface area contributed by atoms with Gasteiger partial charge in [-0.2, -0.15) is 22.0 Å². The Labute approximate surface area is 553 Å². The Kier molecular flexibility index (Phi) is 30.1. The van der Waals surface area contributed by atoms with Crippen LogP contribution in [0.25, 0.3) is 27.8 Å². The smallest absolute Gasteiger partial charge is 0.243 e. The summed E-state index contributed by atoms with van der Waals surface area (Å²) < 4.78 is 2.22. The van der Waals surface area contributed by atoms with E-state index in [0.29, 0.717) is 55.9 Å². The molecule has 0 radical (unpaired) electrons. The number of unbranched alkanes of at least 4 members (excludes halogenated alkanes) is 1. The Morgan fingerprint density at radius 1 is 0.691 bits per heavy atom. The highest BCUT2D eigenvalue weighted by Crippen LogP contribution is 2.28. The van der Waals surface area contributed by atoms with Crippen LogP contribution in [-0.2, 0) is 38.4 Å². The van der Waals surface area contributed by atoms with Crippen LogP contribution in [0, 0.1) is 5.92 Å². The van der Waals surface area contributed by atoms with Crippen molar-refractivity contribution in [3.8, 4) is 5.69 Å². The van der Waals surface area contributed by atoms with E-state index in [-0.39, 0.29) is 75.3 Å². The van der Waals surface area contributed by atoms with Gasteiger partial charge < -0.3 is 74.6 Å². The van der Waals surface area contributed by atoms with Crippen molar-refractivity contribution < 1.29 is 48.0 Å². The van der Waals surface area contributed by atoms with Crippen molar-refractivity contribution in [2.45, 2.75) is 135 Å². The maximum atomic E-state index is 14.1. The fourth-order valence-corrected chi connectivity index (χ4v) is 11.3. The van der Waals surface area contributed by atoms with Crippen molar-refractivity contribution in [1.82, 2.24) is 47.5 Å². The summed E-state index contributed by atoms with van der Waals surface area (Å²) in [5.74, 6) is -5.06. The maximum Gasteiger partial charge on any atom is 0.243 e. The minimum atomic E-state index is -1.70. The minimum Gasteiger partial charge on any atom is -0.853 e. The van der Waals surface area contributed by atoms with E-state index in [1.165, 1.54) is 11.8 Å². The van der Waals surface area contributed by atoms with Crippen molar-refractivity contribution in [2.24, 2.45) is 38.3 Å². The fraction of sp³-hybridized carbons (Fsp3) is 0.500. The molecule has 28 heteroatoms. The van der Waals surface area contributed by atoms with Gasteiger partial charge in [0.2, 0.25) is 64.0 Å².